The van der Waals surface area contributed by atoms with E-state index >= 15 is 0 Å². The van der Waals surface area contributed by atoms with Crippen LogP contribution in [0, 0.1) is 0 Å². The summed E-state index contributed by atoms with van der Waals surface area (Å²) in [6.45, 7) is 0. The van der Waals surface area contributed by atoms with E-state index in [0.29, 0.717) is 5.75 Å². The highest BCUT2D eigenvalue weighted by Crippen LogP contribution is 2.38. The van der Waals surface area contributed by atoms with Crippen LogP contribution >= 0.6 is 11.8 Å². The van der Waals surface area contributed by atoms with Crippen LogP contribution in [0.2, 0.25) is 0 Å². The Morgan fingerprint density at radius 3 is 2.71 bits per heavy atom. The van der Waals surface area contributed by atoms with Gasteiger partial charge in [-0.1, -0.05) is 30.3 Å². The summed E-state index contributed by atoms with van der Waals surface area (Å²) in [5, 5.41) is 10.9. The Labute approximate surface area is 125 Å². The maximum Gasteiger partial charge on any atom is 0.337 e. The molecule has 2 N–H and O–H groups in total. The molecule has 2 aliphatic heterocycles. The first-order valence-electron chi connectivity index (χ1n) is 6.58. The Morgan fingerprint density at radius 1 is 1.33 bits per heavy atom. The first-order valence-corrected chi connectivity index (χ1v) is 7.62. The van der Waals surface area contributed by atoms with E-state index in [1.165, 1.54) is 16.7 Å². The minimum absolute atomic E-state index is 0.205. The quantitative estimate of drug-likeness (QED) is 0.770. The van der Waals surface area contributed by atoms with Gasteiger partial charge in [0, 0.05) is 5.75 Å². The molecule has 2 heterocycles. The van der Waals surface area contributed by atoms with Gasteiger partial charge in [-0.05, 0) is 5.56 Å². The topological polar surface area (TPSA) is 86.7 Å². The van der Waals surface area contributed by atoms with Gasteiger partial charge in [-0.3, -0.25) is 9.59 Å². The molecule has 3 atom stereocenters. The largest absolute Gasteiger partial charge is 0.479 e. The van der Waals surface area contributed by atoms with E-state index in [0.717, 1.165) is 5.56 Å². The molecule has 2 saturated heterocycles. The Morgan fingerprint density at radius 2 is 2.05 bits per heavy atom. The lowest BCUT2D eigenvalue weighted by Crippen LogP contribution is -2.71. The van der Waals surface area contributed by atoms with Gasteiger partial charge in [0.2, 0.25) is 11.8 Å². The number of carboxylic acids is 1. The Hall–Kier alpha value is -2.02. The fourth-order valence-electron chi connectivity index (χ4n) is 2.66. The number of nitrogens with one attached hydrogen (secondary N) is 1. The van der Waals surface area contributed by atoms with Gasteiger partial charge in [-0.2, -0.15) is 0 Å². The van der Waals surface area contributed by atoms with Crippen LogP contribution in [0.1, 0.15) is 5.56 Å². The van der Waals surface area contributed by atoms with Crippen LogP contribution < -0.4 is 5.32 Å². The summed E-state index contributed by atoms with van der Waals surface area (Å²) in [5.41, 5.74) is 0.878. The van der Waals surface area contributed by atoms with Gasteiger partial charge in [0.1, 0.15) is 6.04 Å². The Kier molecular flexibility index (Phi) is 3.59. The van der Waals surface area contributed by atoms with E-state index < -0.39 is 17.4 Å². The maximum atomic E-state index is 12.0. The summed E-state index contributed by atoms with van der Waals surface area (Å²) in [4.78, 5) is 36.3. The number of nitrogens with zero attached hydrogens (tertiary/aromatic N) is 1. The van der Waals surface area contributed by atoms with Crippen molar-refractivity contribution in [3.05, 3.63) is 35.9 Å². The number of rotatable bonds is 4. The zero-order valence-corrected chi connectivity index (χ0v) is 11.9. The van der Waals surface area contributed by atoms with Crippen molar-refractivity contribution in [1.82, 2.24) is 10.2 Å². The molecule has 0 unspecified atom stereocenters. The highest BCUT2D eigenvalue weighted by atomic mass is 32.2. The molecular formula is C14H14N2O4S. The molecule has 7 heteroatoms. The highest BCUT2D eigenvalue weighted by Gasteiger charge is 2.57. The third kappa shape index (κ3) is 2.49. The molecule has 2 fully saturated rings. The second-order valence-corrected chi connectivity index (χ2v) is 6.16. The average Bonchev–Trinajstić information content (AvgIpc) is 2.86. The van der Waals surface area contributed by atoms with Crippen LogP contribution in [0.3, 0.4) is 0 Å². The van der Waals surface area contributed by atoms with Crippen molar-refractivity contribution in [2.24, 2.45) is 0 Å². The van der Waals surface area contributed by atoms with Gasteiger partial charge in [-0.15, -0.1) is 11.8 Å². The van der Waals surface area contributed by atoms with Gasteiger partial charge < -0.3 is 15.3 Å². The first-order chi connectivity index (χ1) is 10.1. The number of aliphatic carboxylic acids is 1. The summed E-state index contributed by atoms with van der Waals surface area (Å²) < 4.78 is 0. The Balaban J connectivity index is 1.59. The normalized spacial score (nSPS) is 27.0. The standard InChI is InChI=1S/C14H14N2O4S/c17-10(6-8-4-2-1-3-5-8)15-11-9-7-21-13(14(19)20)16(9)12(11)18/h1-5,9,11,13H,6-7H2,(H,15,17)(H,19,20)/t9-,11+,13-/m1/s1. The predicted molar refractivity (Wildman–Crippen MR) is 76.6 cm³/mol. The number of carboxylic acid groups (broad SMARTS) is 1. The molecule has 1 aromatic carbocycles. The second kappa shape index (κ2) is 5.40. The molecule has 21 heavy (non-hydrogen) atoms. The van der Waals surface area contributed by atoms with Crippen LogP contribution in [0.4, 0.5) is 0 Å². The molecular weight excluding hydrogens is 292 g/mol. The fraction of sp³-hybridized carbons (Fsp3) is 0.357. The van der Waals surface area contributed by atoms with Crippen molar-refractivity contribution in [3.8, 4) is 0 Å². The van der Waals surface area contributed by atoms with E-state index in [1.54, 1.807) is 0 Å². The minimum Gasteiger partial charge on any atom is -0.479 e. The van der Waals surface area contributed by atoms with Crippen LogP contribution in [-0.4, -0.2) is 51.0 Å². The van der Waals surface area contributed by atoms with Crippen LogP contribution in [0.15, 0.2) is 30.3 Å². The first kappa shape index (κ1) is 13.9. The Bertz CT molecular complexity index is 592. The lowest BCUT2D eigenvalue weighted by molar-refractivity contribution is -0.159. The van der Waals surface area contributed by atoms with Gasteiger partial charge in [0.25, 0.3) is 0 Å². The van der Waals surface area contributed by atoms with Gasteiger partial charge in [-0.25, -0.2) is 4.79 Å². The van der Waals surface area contributed by atoms with Crippen molar-refractivity contribution in [1.29, 1.82) is 0 Å². The molecule has 0 saturated carbocycles. The third-order valence-corrected chi connectivity index (χ3v) is 4.95. The van der Waals surface area contributed by atoms with Crippen molar-refractivity contribution in [3.63, 3.8) is 0 Å². The number of carbonyl (C=O) groups excluding carboxylic acids is 2. The molecule has 0 aliphatic carbocycles. The molecule has 2 aliphatic rings. The van der Waals surface area contributed by atoms with Crippen LogP contribution in [0.25, 0.3) is 0 Å². The molecule has 3 rings (SSSR count). The number of fused-ring (bicyclic) bond motifs is 1. The average molecular weight is 306 g/mol. The number of amides is 2. The number of hydrogen-bond donors (Lipinski definition) is 2. The number of hydrogen-bond acceptors (Lipinski definition) is 4. The smallest absolute Gasteiger partial charge is 0.337 e. The molecule has 0 spiro atoms. The zero-order chi connectivity index (χ0) is 15.0. The van der Waals surface area contributed by atoms with E-state index in [2.05, 4.69) is 5.32 Å². The van der Waals surface area contributed by atoms with Crippen molar-refractivity contribution in [2.45, 2.75) is 23.9 Å². The molecule has 6 nitrogen and oxygen atoms in total. The molecule has 0 aromatic heterocycles. The van der Waals surface area contributed by atoms with E-state index in [-0.39, 0.29) is 24.3 Å². The van der Waals surface area contributed by atoms with E-state index in [4.69, 9.17) is 5.11 Å². The zero-order valence-electron chi connectivity index (χ0n) is 11.1. The fourth-order valence-corrected chi connectivity index (χ4v) is 3.95. The molecule has 110 valence electrons. The monoisotopic (exact) mass is 306 g/mol. The van der Waals surface area contributed by atoms with E-state index in [1.807, 2.05) is 30.3 Å². The second-order valence-electron chi connectivity index (χ2n) is 5.04. The molecule has 0 bridgehead atoms. The third-order valence-electron chi connectivity index (χ3n) is 3.68. The van der Waals surface area contributed by atoms with Crippen LogP contribution in [0.5, 0.6) is 0 Å². The highest BCUT2D eigenvalue weighted by molar-refractivity contribution is 8.00. The molecule has 0 radical (unpaired) electrons. The van der Waals surface area contributed by atoms with Gasteiger partial charge in [0.05, 0.1) is 12.5 Å². The molecule has 2 amide bonds. The lowest BCUT2D eigenvalue weighted by Gasteiger charge is -2.43. The van der Waals surface area contributed by atoms with Crippen molar-refractivity contribution >= 4 is 29.5 Å². The summed E-state index contributed by atoms with van der Waals surface area (Å²) >= 11 is 1.22. The van der Waals surface area contributed by atoms with Gasteiger partial charge >= 0.3 is 5.97 Å². The number of β-lactam (4-membered cyclic amide) rings is 1. The summed E-state index contributed by atoms with van der Waals surface area (Å²) in [5.74, 6) is -0.995. The number of benzene rings is 1. The van der Waals surface area contributed by atoms with Gasteiger partial charge in [0.15, 0.2) is 5.37 Å². The summed E-state index contributed by atoms with van der Waals surface area (Å²) in [6.07, 6.45) is 0.215. The lowest BCUT2D eigenvalue weighted by atomic mass is 9.96. The maximum absolute atomic E-state index is 12.0. The van der Waals surface area contributed by atoms with Crippen molar-refractivity contribution in [2.75, 3.05) is 5.75 Å². The minimum atomic E-state index is -1.01. The van der Waals surface area contributed by atoms with E-state index in [9.17, 15) is 14.4 Å². The predicted octanol–water partition coefficient (Wildman–Crippen LogP) is 0.0822. The number of carbonyl (C=O) groups is 3. The SMILES string of the molecule is O=C(Cc1ccccc1)N[C@@H]1C(=O)N2[C@@H](C(=O)O)SC[C@H]12. The summed E-state index contributed by atoms with van der Waals surface area (Å²) in [7, 11) is 0. The van der Waals surface area contributed by atoms with Crippen molar-refractivity contribution < 1.29 is 19.5 Å². The summed E-state index contributed by atoms with van der Waals surface area (Å²) in [6, 6.07) is 8.48. The number of thioether (sulfide) groups is 1. The molecule has 1 aromatic rings. The van der Waals surface area contributed by atoms with Crippen LogP contribution in [-0.2, 0) is 20.8 Å².